The quantitative estimate of drug-likeness (QED) is 0.588. The van der Waals surface area contributed by atoms with Gasteiger partial charge in [0.15, 0.2) is 0 Å². The Morgan fingerprint density at radius 2 is 2.00 bits per heavy atom. The van der Waals surface area contributed by atoms with E-state index in [2.05, 4.69) is 4.98 Å². The molecule has 0 saturated carbocycles. The summed E-state index contributed by atoms with van der Waals surface area (Å²) in [4.78, 5) is 3.88. The number of aromatic nitrogens is 1. The van der Waals surface area contributed by atoms with Gasteiger partial charge in [0.25, 0.3) is 0 Å². The van der Waals surface area contributed by atoms with Crippen molar-refractivity contribution in [2.45, 2.75) is 6.92 Å². The van der Waals surface area contributed by atoms with Gasteiger partial charge >= 0.3 is 0 Å². The molecule has 1 heterocycles. The predicted molar refractivity (Wildman–Crippen MR) is 51.4 cm³/mol. The van der Waals surface area contributed by atoms with Crippen LogP contribution >= 0.6 is 11.6 Å². The van der Waals surface area contributed by atoms with Crippen molar-refractivity contribution in [1.29, 1.82) is 0 Å². The van der Waals surface area contributed by atoms with Gasteiger partial charge in [0.2, 0.25) is 0 Å². The van der Waals surface area contributed by atoms with E-state index in [1.165, 1.54) is 6.20 Å². The Labute approximate surface area is 80.2 Å². The van der Waals surface area contributed by atoms with Gasteiger partial charge in [-0.25, -0.2) is 9.37 Å². The number of benzene rings is 1. The van der Waals surface area contributed by atoms with E-state index in [9.17, 15) is 4.39 Å². The summed E-state index contributed by atoms with van der Waals surface area (Å²) in [6, 6.07) is 5.11. The summed E-state index contributed by atoms with van der Waals surface area (Å²) in [5, 5.41) is 1.53. The highest BCUT2D eigenvalue weighted by atomic mass is 35.5. The number of pyridine rings is 1. The summed E-state index contributed by atoms with van der Waals surface area (Å²) in [5.74, 6) is -0.221. The average Bonchev–Trinajstić information content (AvgIpc) is 2.12. The molecule has 0 fully saturated rings. The first-order valence-electron chi connectivity index (χ1n) is 3.89. The van der Waals surface area contributed by atoms with E-state index in [0.717, 1.165) is 0 Å². The van der Waals surface area contributed by atoms with Crippen LogP contribution in [0.2, 0.25) is 5.15 Å². The van der Waals surface area contributed by atoms with Gasteiger partial charge in [0, 0.05) is 17.0 Å². The van der Waals surface area contributed by atoms with Crippen LogP contribution in [0.3, 0.4) is 0 Å². The van der Waals surface area contributed by atoms with Gasteiger partial charge in [-0.1, -0.05) is 23.7 Å². The first kappa shape index (κ1) is 8.45. The Bertz CT molecular complexity index is 468. The summed E-state index contributed by atoms with van der Waals surface area (Å²) in [6.07, 6.45) is 1.51. The fourth-order valence-corrected chi connectivity index (χ4v) is 1.51. The van der Waals surface area contributed by atoms with E-state index >= 15 is 0 Å². The van der Waals surface area contributed by atoms with E-state index in [-0.39, 0.29) is 5.82 Å². The van der Waals surface area contributed by atoms with E-state index in [0.29, 0.717) is 21.5 Å². The molecule has 66 valence electrons. The summed E-state index contributed by atoms with van der Waals surface area (Å²) in [5.41, 5.74) is 0.620. The number of rotatable bonds is 0. The average molecular weight is 196 g/mol. The maximum Gasteiger partial charge on any atom is 0.136 e. The van der Waals surface area contributed by atoms with Crippen molar-refractivity contribution in [3.63, 3.8) is 0 Å². The van der Waals surface area contributed by atoms with Crippen LogP contribution in [0.1, 0.15) is 5.56 Å². The first-order chi connectivity index (χ1) is 6.20. The van der Waals surface area contributed by atoms with Crippen molar-refractivity contribution in [1.82, 2.24) is 4.98 Å². The molecule has 0 spiro atoms. The highest BCUT2D eigenvalue weighted by Gasteiger charge is 2.06. The predicted octanol–water partition coefficient (Wildman–Crippen LogP) is 3.34. The summed E-state index contributed by atoms with van der Waals surface area (Å²) < 4.78 is 13.5. The van der Waals surface area contributed by atoms with Crippen molar-refractivity contribution < 1.29 is 4.39 Å². The lowest BCUT2D eigenvalue weighted by molar-refractivity contribution is 0.630. The zero-order valence-electron chi connectivity index (χ0n) is 7.01. The maximum atomic E-state index is 13.5. The molecule has 2 aromatic rings. The molecule has 0 aliphatic heterocycles. The molecule has 0 unspecified atom stereocenters. The molecular weight excluding hydrogens is 189 g/mol. The smallest absolute Gasteiger partial charge is 0.136 e. The third-order valence-corrected chi connectivity index (χ3v) is 2.33. The van der Waals surface area contributed by atoms with Crippen molar-refractivity contribution in [3.8, 4) is 0 Å². The lowest BCUT2D eigenvalue weighted by Gasteiger charge is -2.02. The van der Waals surface area contributed by atoms with Gasteiger partial charge < -0.3 is 0 Å². The number of nitrogens with zero attached hydrogens (tertiary/aromatic N) is 1. The molecule has 3 heteroatoms. The largest absolute Gasteiger partial charge is 0.244 e. The molecule has 2 rings (SSSR count). The number of aryl methyl sites for hydroxylation is 1. The van der Waals surface area contributed by atoms with Gasteiger partial charge in [0.05, 0.1) is 0 Å². The molecule has 0 atom stereocenters. The zero-order valence-corrected chi connectivity index (χ0v) is 7.77. The lowest BCUT2D eigenvalue weighted by Crippen LogP contribution is -1.86. The Morgan fingerprint density at radius 3 is 2.77 bits per heavy atom. The van der Waals surface area contributed by atoms with E-state index < -0.39 is 0 Å². The maximum absolute atomic E-state index is 13.5. The second-order valence-corrected chi connectivity index (χ2v) is 3.25. The minimum absolute atomic E-state index is 0.221. The molecule has 0 amide bonds. The third-order valence-electron chi connectivity index (χ3n) is 2.02. The van der Waals surface area contributed by atoms with Crippen LogP contribution in [-0.2, 0) is 0 Å². The molecule has 0 saturated heterocycles. The van der Waals surface area contributed by atoms with Gasteiger partial charge in [0.1, 0.15) is 11.0 Å². The second-order valence-electron chi connectivity index (χ2n) is 2.89. The monoisotopic (exact) mass is 195 g/mol. The van der Waals surface area contributed by atoms with Crippen LogP contribution in [0.15, 0.2) is 24.4 Å². The fourth-order valence-electron chi connectivity index (χ4n) is 1.29. The van der Waals surface area contributed by atoms with Crippen LogP contribution in [0.5, 0.6) is 0 Å². The van der Waals surface area contributed by atoms with E-state index in [1.807, 2.05) is 0 Å². The molecule has 0 aliphatic rings. The van der Waals surface area contributed by atoms with Crippen LogP contribution in [-0.4, -0.2) is 4.98 Å². The SMILES string of the molecule is Cc1ccc2c(Cl)nccc2c1F. The van der Waals surface area contributed by atoms with Crippen LogP contribution in [0.4, 0.5) is 4.39 Å². The number of halogens is 2. The van der Waals surface area contributed by atoms with Crippen molar-refractivity contribution >= 4 is 22.4 Å². The van der Waals surface area contributed by atoms with Crippen molar-refractivity contribution in [2.24, 2.45) is 0 Å². The molecule has 0 radical (unpaired) electrons. The highest BCUT2D eigenvalue weighted by Crippen LogP contribution is 2.24. The normalized spacial score (nSPS) is 10.7. The topological polar surface area (TPSA) is 12.9 Å². The molecule has 0 aliphatic carbocycles. The van der Waals surface area contributed by atoms with Crippen LogP contribution in [0.25, 0.3) is 10.8 Å². The molecular formula is C10H7ClFN. The molecule has 13 heavy (non-hydrogen) atoms. The third kappa shape index (κ3) is 1.27. The van der Waals surface area contributed by atoms with E-state index in [1.54, 1.807) is 25.1 Å². The second kappa shape index (κ2) is 2.96. The van der Waals surface area contributed by atoms with Gasteiger partial charge in [-0.3, -0.25) is 0 Å². The fraction of sp³-hybridized carbons (Fsp3) is 0.100. The molecule has 0 bridgehead atoms. The van der Waals surface area contributed by atoms with Crippen LogP contribution < -0.4 is 0 Å². The molecule has 0 N–H and O–H groups in total. The van der Waals surface area contributed by atoms with Gasteiger partial charge in [-0.05, 0) is 18.6 Å². The Morgan fingerprint density at radius 1 is 1.23 bits per heavy atom. The Hall–Kier alpha value is -1.15. The first-order valence-corrected chi connectivity index (χ1v) is 4.27. The Kier molecular flexibility index (Phi) is 1.93. The number of fused-ring (bicyclic) bond motifs is 1. The van der Waals surface area contributed by atoms with Crippen LogP contribution in [0, 0.1) is 12.7 Å². The molecule has 1 nitrogen and oxygen atoms in total. The standard InChI is InChI=1S/C10H7ClFN/c1-6-2-3-8-7(9(6)12)4-5-13-10(8)11/h2-5H,1H3. The summed E-state index contributed by atoms with van der Waals surface area (Å²) in [6.45, 7) is 1.73. The summed E-state index contributed by atoms with van der Waals surface area (Å²) >= 11 is 5.80. The van der Waals surface area contributed by atoms with Gasteiger partial charge in [-0.2, -0.15) is 0 Å². The lowest BCUT2D eigenvalue weighted by atomic mass is 10.1. The van der Waals surface area contributed by atoms with Crippen molar-refractivity contribution in [2.75, 3.05) is 0 Å². The summed E-state index contributed by atoms with van der Waals surface area (Å²) in [7, 11) is 0. The number of hydrogen-bond acceptors (Lipinski definition) is 1. The zero-order chi connectivity index (χ0) is 9.42. The van der Waals surface area contributed by atoms with E-state index in [4.69, 9.17) is 11.6 Å². The van der Waals surface area contributed by atoms with Crippen molar-refractivity contribution in [3.05, 3.63) is 40.9 Å². The minimum Gasteiger partial charge on any atom is -0.244 e. The van der Waals surface area contributed by atoms with Gasteiger partial charge in [-0.15, -0.1) is 0 Å². The molecule has 1 aromatic carbocycles. The molecule has 1 aromatic heterocycles. The minimum atomic E-state index is -0.221. The Balaban J connectivity index is 2.94. The number of hydrogen-bond donors (Lipinski definition) is 0. The highest BCUT2D eigenvalue weighted by molar-refractivity contribution is 6.34.